The monoisotopic (exact) mass is 272 g/mol. The summed E-state index contributed by atoms with van der Waals surface area (Å²) in [4.78, 5) is 12.7. The lowest BCUT2D eigenvalue weighted by molar-refractivity contribution is -0.384. The fraction of sp³-hybridized carbons (Fsp3) is 0.429. The van der Waals surface area contributed by atoms with Gasteiger partial charge in [0.05, 0.1) is 16.3 Å². The number of nitro benzene ring substituents is 1. The Balaban J connectivity index is 1.83. The van der Waals surface area contributed by atoms with Crippen molar-refractivity contribution in [2.24, 2.45) is 10.2 Å². The molecule has 2 aliphatic heterocycles. The van der Waals surface area contributed by atoms with Crippen molar-refractivity contribution >= 4 is 11.4 Å². The number of hydrogen-bond acceptors (Lipinski definition) is 5. The maximum absolute atomic E-state index is 10.7. The molecule has 6 nitrogen and oxygen atoms in total. The highest BCUT2D eigenvalue weighted by Gasteiger charge is 2.24. The zero-order valence-electron chi connectivity index (χ0n) is 11.2. The SMILES string of the molecule is O=[N+]([O-])c1cccc(N=NC2=C3CCCN3CCC2)c1. The smallest absolute Gasteiger partial charge is 0.271 e. The van der Waals surface area contributed by atoms with Crippen molar-refractivity contribution in [3.8, 4) is 0 Å². The largest absolute Gasteiger partial charge is 0.373 e. The van der Waals surface area contributed by atoms with Crippen LogP contribution in [0.4, 0.5) is 11.4 Å². The fourth-order valence-electron chi connectivity index (χ4n) is 2.78. The van der Waals surface area contributed by atoms with Crippen LogP contribution in [-0.4, -0.2) is 22.9 Å². The number of hydrogen-bond donors (Lipinski definition) is 0. The Morgan fingerprint density at radius 2 is 1.95 bits per heavy atom. The molecule has 1 aromatic rings. The standard InChI is InChI=1S/C14H16N4O2/c19-18(20)12-5-1-4-11(10-12)15-16-13-6-2-8-17-9-3-7-14(13)17/h1,4-5,10H,2-3,6-9H2. The lowest BCUT2D eigenvalue weighted by Crippen LogP contribution is -2.23. The van der Waals surface area contributed by atoms with Gasteiger partial charge in [-0.25, -0.2) is 0 Å². The molecule has 20 heavy (non-hydrogen) atoms. The van der Waals surface area contributed by atoms with Crippen LogP contribution in [0.3, 0.4) is 0 Å². The van der Waals surface area contributed by atoms with Gasteiger partial charge in [-0.1, -0.05) is 6.07 Å². The van der Waals surface area contributed by atoms with E-state index in [4.69, 9.17) is 0 Å². The number of azo groups is 1. The molecule has 1 aromatic carbocycles. The maximum atomic E-state index is 10.7. The highest BCUT2D eigenvalue weighted by molar-refractivity contribution is 5.46. The van der Waals surface area contributed by atoms with E-state index in [-0.39, 0.29) is 5.69 Å². The minimum atomic E-state index is -0.416. The summed E-state index contributed by atoms with van der Waals surface area (Å²) in [5.41, 5.74) is 2.93. The van der Waals surface area contributed by atoms with E-state index in [2.05, 4.69) is 15.1 Å². The Bertz CT molecular complexity index is 595. The Morgan fingerprint density at radius 1 is 1.15 bits per heavy atom. The summed E-state index contributed by atoms with van der Waals surface area (Å²) in [6.45, 7) is 2.23. The predicted molar refractivity (Wildman–Crippen MR) is 74.7 cm³/mol. The highest BCUT2D eigenvalue weighted by Crippen LogP contribution is 2.32. The zero-order valence-corrected chi connectivity index (χ0v) is 11.2. The van der Waals surface area contributed by atoms with Crippen LogP contribution in [0.2, 0.25) is 0 Å². The van der Waals surface area contributed by atoms with Crippen molar-refractivity contribution in [1.29, 1.82) is 0 Å². The third-order valence-corrected chi connectivity index (χ3v) is 3.72. The van der Waals surface area contributed by atoms with Gasteiger partial charge < -0.3 is 4.90 Å². The molecule has 0 N–H and O–H groups in total. The fourth-order valence-corrected chi connectivity index (χ4v) is 2.78. The van der Waals surface area contributed by atoms with Crippen LogP contribution in [0.5, 0.6) is 0 Å². The van der Waals surface area contributed by atoms with E-state index in [9.17, 15) is 10.1 Å². The number of non-ortho nitro benzene ring substituents is 1. The summed E-state index contributed by atoms with van der Waals surface area (Å²) in [5, 5.41) is 19.2. The average molecular weight is 272 g/mol. The topological polar surface area (TPSA) is 71.1 Å². The van der Waals surface area contributed by atoms with Crippen molar-refractivity contribution in [3.63, 3.8) is 0 Å². The van der Waals surface area contributed by atoms with Gasteiger partial charge >= 0.3 is 0 Å². The summed E-state index contributed by atoms with van der Waals surface area (Å²) < 4.78 is 0. The van der Waals surface area contributed by atoms with Crippen LogP contribution in [0, 0.1) is 10.1 Å². The van der Waals surface area contributed by atoms with E-state index >= 15 is 0 Å². The number of allylic oxidation sites excluding steroid dienone is 2. The number of fused-ring (bicyclic) bond motifs is 1. The molecular formula is C14H16N4O2. The highest BCUT2D eigenvalue weighted by atomic mass is 16.6. The van der Waals surface area contributed by atoms with Gasteiger partial charge in [0, 0.05) is 30.9 Å². The van der Waals surface area contributed by atoms with Gasteiger partial charge in [-0.05, 0) is 31.7 Å². The summed E-state index contributed by atoms with van der Waals surface area (Å²) in [5.74, 6) is 0. The molecular weight excluding hydrogens is 256 g/mol. The Kier molecular flexibility index (Phi) is 3.45. The number of nitro groups is 1. The van der Waals surface area contributed by atoms with Crippen molar-refractivity contribution in [1.82, 2.24) is 4.90 Å². The van der Waals surface area contributed by atoms with E-state index in [0.29, 0.717) is 5.69 Å². The summed E-state index contributed by atoms with van der Waals surface area (Å²) >= 11 is 0. The minimum absolute atomic E-state index is 0.0465. The maximum Gasteiger partial charge on any atom is 0.271 e. The Morgan fingerprint density at radius 3 is 2.75 bits per heavy atom. The second-order valence-electron chi connectivity index (χ2n) is 5.06. The first-order chi connectivity index (χ1) is 9.74. The molecule has 104 valence electrons. The molecule has 0 amide bonds. The van der Waals surface area contributed by atoms with Gasteiger partial charge in [-0.15, -0.1) is 0 Å². The average Bonchev–Trinajstić information content (AvgIpc) is 2.94. The van der Waals surface area contributed by atoms with Crippen LogP contribution in [0.1, 0.15) is 25.7 Å². The van der Waals surface area contributed by atoms with E-state index in [0.717, 1.165) is 38.0 Å². The first-order valence-electron chi connectivity index (χ1n) is 6.87. The van der Waals surface area contributed by atoms with Crippen LogP contribution in [0.25, 0.3) is 0 Å². The first-order valence-corrected chi connectivity index (χ1v) is 6.87. The van der Waals surface area contributed by atoms with Crippen LogP contribution >= 0.6 is 0 Å². The number of nitrogens with zero attached hydrogens (tertiary/aromatic N) is 4. The normalized spacial score (nSPS) is 18.7. The van der Waals surface area contributed by atoms with E-state index in [1.165, 1.54) is 24.3 Å². The molecule has 0 spiro atoms. The zero-order chi connectivity index (χ0) is 13.9. The number of rotatable bonds is 3. The van der Waals surface area contributed by atoms with Gasteiger partial charge in [0.25, 0.3) is 5.69 Å². The molecule has 0 radical (unpaired) electrons. The van der Waals surface area contributed by atoms with Crippen LogP contribution in [0.15, 0.2) is 45.9 Å². The summed E-state index contributed by atoms with van der Waals surface area (Å²) in [6, 6.07) is 6.27. The molecule has 0 bridgehead atoms. The molecule has 0 aromatic heterocycles. The van der Waals surface area contributed by atoms with Gasteiger partial charge in [0.15, 0.2) is 0 Å². The minimum Gasteiger partial charge on any atom is -0.373 e. The van der Waals surface area contributed by atoms with Crippen molar-refractivity contribution < 1.29 is 4.92 Å². The van der Waals surface area contributed by atoms with Gasteiger partial charge in [0.1, 0.15) is 0 Å². The van der Waals surface area contributed by atoms with Crippen molar-refractivity contribution in [2.75, 3.05) is 13.1 Å². The molecule has 3 rings (SSSR count). The van der Waals surface area contributed by atoms with E-state index < -0.39 is 4.92 Å². The molecule has 2 aliphatic rings. The first kappa shape index (κ1) is 12.8. The van der Waals surface area contributed by atoms with Crippen molar-refractivity contribution in [3.05, 3.63) is 45.8 Å². The quantitative estimate of drug-likeness (QED) is 0.477. The molecule has 1 saturated heterocycles. The van der Waals surface area contributed by atoms with Crippen LogP contribution in [-0.2, 0) is 0 Å². The second kappa shape index (κ2) is 5.40. The van der Waals surface area contributed by atoms with Gasteiger partial charge in [-0.3, -0.25) is 10.1 Å². The molecule has 0 saturated carbocycles. The summed E-state index contributed by atoms with van der Waals surface area (Å²) in [6.07, 6.45) is 4.31. The van der Waals surface area contributed by atoms with Crippen molar-refractivity contribution in [2.45, 2.75) is 25.7 Å². The third-order valence-electron chi connectivity index (χ3n) is 3.72. The van der Waals surface area contributed by atoms with Gasteiger partial charge in [0.2, 0.25) is 0 Å². The molecule has 0 unspecified atom stereocenters. The van der Waals surface area contributed by atoms with Gasteiger partial charge in [-0.2, -0.15) is 10.2 Å². The van der Waals surface area contributed by atoms with E-state index in [1.807, 2.05) is 0 Å². The molecule has 0 atom stereocenters. The Labute approximate surface area is 117 Å². The second-order valence-corrected chi connectivity index (χ2v) is 5.06. The Hall–Kier alpha value is -2.24. The predicted octanol–water partition coefficient (Wildman–Crippen LogP) is 3.78. The lowest BCUT2D eigenvalue weighted by Gasteiger charge is -2.25. The molecule has 0 aliphatic carbocycles. The molecule has 1 fully saturated rings. The molecule has 2 heterocycles. The number of benzene rings is 1. The van der Waals surface area contributed by atoms with E-state index in [1.54, 1.807) is 12.1 Å². The lowest BCUT2D eigenvalue weighted by atomic mass is 10.1. The third kappa shape index (κ3) is 2.54. The molecule has 6 heteroatoms. The summed E-state index contributed by atoms with van der Waals surface area (Å²) in [7, 11) is 0. The van der Waals surface area contributed by atoms with Crippen LogP contribution < -0.4 is 0 Å².